The Bertz CT molecular complexity index is 932. The highest BCUT2D eigenvalue weighted by atomic mass is 32.1. The number of benzene rings is 2. The van der Waals surface area contributed by atoms with Gasteiger partial charge in [-0.25, -0.2) is 4.98 Å². The molecule has 3 aromatic rings. The Balaban J connectivity index is 1.26. The van der Waals surface area contributed by atoms with Gasteiger partial charge in [-0.05, 0) is 42.5 Å². The van der Waals surface area contributed by atoms with Crippen molar-refractivity contribution in [1.29, 1.82) is 0 Å². The van der Waals surface area contributed by atoms with Gasteiger partial charge in [0.1, 0.15) is 6.23 Å². The fourth-order valence-corrected chi connectivity index (χ4v) is 4.60. The summed E-state index contributed by atoms with van der Waals surface area (Å²) < 4.78 is 0. The molecule has 7 heteroatoms. The zero-order valence-corrected chi connectivity index (χ0v) is 17.6. The SMILES string of the molecule is Nc1nc(CC(O)Nc2ccc(C[C@@H]3CC[C@H]([C@H](O)c4ccccc4)N3)cc2)cs1. The van der Waals surface area contributed by atoms with Crippen LogP contribution in [0.5, 0.6) is 0 Å². The van der Waals surface area contributed by atoms with Crippen LogP contribution in [-0.4, -0.2) is 33.5 Å². The number of aromatic nitrogens is 1. The van der Waals surface area contributed by atoms with Crippen LogP contribution in [0.2, 0.25) is 0 Å². The molecule has 0 amide bonds. The topological polar surface area (TPSA) is 103 Å². The lowest BCUT2D eigenvalue weighted by molar-refractivity contribution is 0.135. The lowest BCUT2D eigenvalue weighted by atomic mass is 10.0. The fraction of sp³-hybridized carbons (Fsp3) is 0.348. The average Bonchev–Trinajstić information content (AvgIpc) is 3.38. The minimum Gasteiger partial charge on any atom is -0.387 e. The third kappa shape index (κ3) is 5.37. The molecule has 6 nitrogen and oxygen atoms in total. The predicted octanol–water partition coefficient (Wildman–Crippen LogP) is 3.10. The van der Waals surface area contributed by atoms with Gasteiger partial charge in [0.25, 0.3) is 0 Å². The highest BCUT2D eigenvalue weighted by Crippen LogP contribution is 2.27. The maximum atomic E-state index is 10.6. The second kappa shape index (κ2) is 9.57. The Morgan fingerprint density at radius 1 is 1.10 bits per heavy atom. The molecule has 6 N–H and O–H groups in total. The van der Waals surface area contributed by atoms with Gasteiger partial charge in [0.15, 0.2) is 5.13 Å². The zero-order valence-electron chi connectivity index (χ0n) is 16.7. The van der Waals surface area contributed by atoms with Gasteiger partial charge in [-0.15, -0.1) is 11.3 Å². The van der Waals surface area contributed by atoms with Gasteiger partial charge < -0.3 is 26.6 Å². The lowest BCUT2D eigenvalue weighted by Crippen LogP contribution is -2.35. The number of anilines is 2. The summed E-state index contributed by atoms with van der Waals surface area (Å²) in [6, 6.07) is 18.4. The molecule has 2 heterocycles. The first-order valence-electron chi connectivity index (χ1n) is 10.3. The van der Waals surface area contributed by atoms with Crippen LogP contribution in [0.15, 0.2) is 60.0 Å². The number of rotatable bonds is 8. The van der Waals surface area contributed by atoms with E-state index in [2.05, 4.69) is 27.8 Å². The smallest absolute Gasteiger partial charge is 0.180 e. The molecule has 1 aliphatic heterocycles. The molecule has 0 radical (unpaired) electrons. The van der Waals surface area contributed by atoms with Crippen molar-refractivity contribution >= 4 is 22.2 Å². The normalized spacial score (nSPS) is 20.7. The van der Waals surface area contributed by atoms with E-state index in [0.29, 0.717) is 17.6 Å². The zero-order chi connectivity index (χ0) is 20.9. The first-order chi connectivity index (χ1) is 14.6. The van der Waals surface area contributed by atoms with Crippen LogP contribution < -0.4 is 16.4 Å². The molecule has 2 aromatic carbocycles. The molecule has 1 aromatic heterocycles. The first kappa shape index (κ1) is 20.8. The molecule has 1 saturated heterocycles. The standard InChI is InChI=1S/C23H28N4O2S/c24-23-27-19(14-30-23)13-21(28)26-17-8-6-15(7-9-17)12-18-10-11-20(25-18)22(29)16-4-2-1-3-5-16/h1-9,14,18,20-22,25-26,28-29H,10-13H2,(H2,24,27)/t18-,20+,21?,22+/m0/s1. The van der Waals surface area contributed by atoms with E-state index < -0.39 is 12.3 Å². The number of nitrogens with two attached hydrogens (primary N) is 1. The molecule has 1 fully saturated rings. The number of nitrogen functional groups attached to an aromatic ring is 1. The molecule has 0 saturated carbocycles. The Kier molecular flexibility index (Phi) is 6.64. The number of aliphatic hydroxyl groups is 2. The number of hydrogen-bond donors (Lipinski definition) is 5. The van der Waals surface area contributed by atoms with Crippen molar-refractivity contribution in [3.05, 3.63) is 76.8 Å². The predicted molar refractivity (Wildman–Crippen MR) is 121 cm³/mol. The summed E-state index contributed by atoms with van der Waals surface area (Å²) >= 11 is 1.38. The number of nitrogens with one attached hydrogen (secondary N) is 2. The number of thiazole rings is 1. The van der Waals surface area contributed by atoms with Crippen LogP contribution in [0.3, 0.4) is 0 Å². The Morgan fingerprint density at radius 2 is 1.87 bits per heavy atom. The van der Waals surface area contributed by atoms with Crippen LogP contribution in [0.4, 0.5) is 10.8 Å². The van der Waals surface area contributed by atoms with Gasteiger partial charge in [0, 0.05) is 29.6 Å². The highest BCUT2D eigenvalue weighted by molar-refractivity contribution is 7.13. The number of hydrogen-bond acceptors (Lipinski definition) is 7. The van der Waals surface area contributed by atoms with E-state index in [9.17, 15) is 10.2 Å². The van der Waals surface area contributed by atoms with Gasteiger partial charge in [0.05, 0.1) is 11.8 Å². The van der Waals surface area contributed by atoms with Gasteiger partial charge in [0.2, 0.25) is 0 Å². The van der Waals surface area contributed by atoms with Crippen molar-refractivity contribution < 1.29 is 10.2 Å². The van der Waals surface area contributed by atoms with Crippen molar-refractivity contribution in [2.24, 2.45) is 0 Å². The van der Waals surface area contributed by atoms with Crippen molar-refractivity contribution in [3.63, 3.8) is 0 Å². The summed E-state index contributed by atoms with van der Waals surface area (Å²) in [4.78, 5) is 4.17. The molecule has 1 aliphatic rings. The molecule has 4 atom stereocenters. The molecule has 30 heavy (non-hydrogen) atoms. The van der Waals surface area contributed by atoms with E-state index in [-0.39, 0.29) is 6.04 Å². The summed E-state index contributed by atoms with van der Waals surface area (Å²) in [5.41, 5.74) is 9.48. The van der Waals surface area contributed by atoms with Crippen molar-refractivity contribution in [3.8, 4) is 0 Å². The van der Waals surface area contributed by atoms with Crippen LogP contribution in [-0.2, 0) is 12.8 Å². The van der Waals surface area contributed by atoms with E-state index in [0.717, 1.165) is 36.2 Å². The summed E-state index contributed by atoms with van der Waals surface area (Å²) in [5.74, 6) is 0. The van der Waals surface area contributed by atoms with E-state index in [4.69, 9.17) is 5.73 Å². The van der Waals surface area contributed by atoms with Crippen molar-refractivity contribution in [2.45, 2.75) is 50.1 Å². The third-order valence-corrected chi connectivity index (χ3v) is 6.26. The Morgan fingerprint density at radius 3 is 2.57 bits per heavy atom. The largest absolute Gasteiger partial charge is 0.387 e. The summed E-state index contributed by atoms with van der Waals surface area (Å²) in [6.07, 6.45) is 2.15. The van der Waals surface area contributed by atoms with E-state index in [1.54, 1.807) is 0 Å². The molecule has 158 valence electrons. The minimum atomic E-state index is -0.714. The van der Waals surface area contributed by atoms with Crippen molar-refractivity contribution in [2.75, 3.05) is 11.1 Å². The summed E-state index contributed by atoms with van der Waals surface area (Å²) in [5, 5.41) is 29.9. The monoisotopic (exact) mass is 424 g/mol. The van der Waals surface area contributed by atoms with Gasteiger partial charge >= 0.3 is 0 Å². The summed E-state index contributed by atoms with van der Waals surface area (Å²) in [7, 11) is 0. The van der Waals surface area contributed by atoms with Crippen molar-refractivity contribution in [1.82, 2.24) is 10.3 Å². The third-order valence-electron chi connectivity index (χ3n) is 5.54. The van der Waals surface area contributed by atoms with Gasteiger partial charge in [-0.3, -0.25) is 0 Å². The highest BCUT2D eigenvalue weighted by Gasteiger charge is 2.29. The number of aliphatic hydroxyl groups excluding tert-OH is 2. The second-order valence-electron chi connectivity index (χ2n) is 7.85. The maximum Gasteiger partial charge on any atom is 0.180 e. The summed E-state index contributed by atoms with van der Waals surface area (Å²) in [6.45, 7) is 0. The van der Waals surface area contributed by atoms with Crippen LogP contribution >= 0.6 is 11.3 Å². The van der Waals surface area contributed by atoms with E-state index in [1.807, 2.05) is 47.8 Å². The van der Waals surface area contributed by atoms with E-state index in [1.165, 1.54) is 16.9 Å². The molecule has 4 rings (SSSR count). The molecule has 0 spiro atoms. The average molecular weight is 425 g/mol. The Hall–Kier alpha value is -2.45. The Labute approximate surface area is 180 Å². The van der Waals surface area contributed by atoms with E-state index >= 15 is 0 Å². The second-order valence-corrected chi connectivity index (χ2v) is 8.74. The minimum absolute atomic E-state index is 0.0910. The molecule has 0 aliphatic carbocycles. The first-order valence-corrected chi connectivity index (χ1v) is 11.2. The van der Waals surface area contributed by atoms with Crippen LogP contribution in [0.1, 0.15) is 35.8 Å². The van der Waals surface area contributed by atoms with Gasteiger partial charge in [-0.2, -0.15) is 0 Å². The van der Waals surface area contributed by atoms with Crippen LogP contribution in [0, 0.1) is 0 Å². The number of nitrogens with zero attached hydrogens (tertiary/aromatic N) is 1. The molecule has 0 bridgehead atoms. The molecule has 1 unspecified atom stereocenters. The molecular weight excluding hydrogens is 396 g/mol. The quantitative estimate of drug-likeness (QED) is 0.356. The fourth-order valence-electron chi connectivity index (χ4n) is 4.02. The molecular formula is C23H28N4O2S. The van der Waals surface area contributed by atoms with Crippen LogP contribution in [0.25, 0.3) is 0 Å². The maximum absolute atomic E-state index is 10.6. The lowest BCUT2D eigenvalue weighted by Gasteiger charge is -2.20. The van der Waals surface area contributed by atoms with Gasteiger partial charge in [-0.1, -0.05) is 42.5 Å².